The highest BCUT2D eigenvalue weighted by Crippen LogP contribution is 2.19. The Kier molecular flexibility index (Phi) is 4.74. The number of hydrogen-bond acceptors (Lipinski definition) is 1. The van der Waals surface area contributed by atoms with Crippen molar-refractivity contribution in [2.24, 2.45) is 5.41 Å². The molecule has 0 aliphatic carbocycles. The molecule has 0 fully saturated rings. The Labute approximate surface area is 116 Å². The summed E-state index contributed by atoms with van der Waals surface area (Å²) in [7, 11) is 0. The molecule has 0 aliphatic rings. The zero-order valence-electron chi connectivity index (χ0n) is 12.2. The zero-order chi connectivity index (χ0) is 13.9. The van der Waals surface area contributed by atoms with Gasteiger partial charge in [-0.05, 0) is 55.6 Å². The minimum absolute atomic E-state index is 0.188. The number of aryl methyl sites for hydroxylation is 2. The van der Waals surface area contributed by atoms with Crippen LogP contribution in [0.1, 0.15) is 38.8 Å². The highest BCUT2D eigenvalue weighted by atomic mass is 32.1. The van der Waals surface area contributed by atoms with Crippen LogP contribution in [0.25, 0.3) is 0 Å². The van der Waals surface area contributed by atoms with E-state index in [-0.39, 0.29) is 5.41 Å². The van der Waals surface area contributed by atoms with E-state index in [2.05, 4.69) is 70.4 Å². The molecule has 1 rings (SSSR count). The van der Waals surface area contributed by atoms with Gasteiger partial charge in [0.15, 0.2) is 5.11 Å². The van der Waals surface area contributed by atoms with E-state index in [9.17, 15) is 0 Å². The van der Waals surface area contributed by atoms with Gasteiger partial charge in [0.25, 0.3) is 0 Å². The third-order valence-corrected chi connectivity index (χ3v) is 3.51. The second kappa shape index (κ2) is 5.70. The van der Waals surface area contributed by atoms with Crippen molar-refractivity contribution in [2.45, 2.75) is 47.6 Å². The summed E-state index contributed by atoms with van der Waals surface area (Å²) in [4.78, 5) is 0. The molecular formula is C15H24N2S. The molecule has 0 amide bonds. The average molecular weight is 264 g/mol. The summed E-state index contributed by atoms with van der Waals surface area (Å²) in [6, 6.07) is 6.65. The number of benzene rings is 1. The van der Waals surface area contributed by atoms with Gasteiger partial charge in [-0.15, -0.1) is 0 Å². The predicted molar refractivity (Wildman–Crippen MR) is 84.2 cm³/mol. The van der Waals surface area contributed by atoms with Crippen LogP contribution in [0.15, 0.2) is 18.2 Å². The van der Waals surface area contributed by atoms with Gasteiger partial charge in [0, 0.05) is 11.7 Å². The Morgan fingerprint density at radius 3 is 2.39 bits per heavy atom. The highest BCUT2D eigenvalue weighted by Gasteiger charge is 2.20. The van der Waals surface area contributed by atoms with Crippen LogP contribution in [0.3, 0.4) is 0 Å². The minimum Gasteiger partial charge on any atom is -0.359 e. The quantitative estimate of drug-likeness (QED) is 0.789. The molecule has 18 heavy (non-hydrogen) atoms. The highest BCUT2D eigenvalue weighted by molar-refractivity contribution is 7.80. The first-order valence-electron chi connectivity index (χ1n) is 6.35. The van der Waals surface area contributed by atoms with E-state index in [1.165, 1.54) is 11.1 Å². The maximum atomic E-state index is 5.36. The first-order valence-corrected chi connectivity index (χ1v) is 6.76. The van der Waals surface area contributed by atoms with Crippen molar-refractivity contribution in [1.82, 2.24) is 5.32 Å². The second-order valence-electron chi connectivity index (χ2n) is 6.00. The van der Waals surface area contributed by atoms with Crippen molar-refractivity contribution in [3.8, 4) is 0 Å². The fourth-order valence-corrected chi connectivity index (χ4v) is 1.73. The van der Waals surface area contributed by atoms with Crippen molar-refractivity contribution in [1.29, 1.82) is 0 Å². The molecule has 0 saturated carbocycles. The van der Waals surface area contributed by atoms with Gasteiger partial charge in [-0.2, -0.15) is 0 Å². The lowest BCUT2D eigenvalue weighted by Gasteiger charge is -2.29. The fourth-order valence-electron chi connectivity index (χ4n) is 1.44. The van der Waals surface area contributed by atoms with Crippen LogP contribution in [0.2, 0.25) is 0 Å². The molecule has 2 N–H and O–H groups in total. The molecule has 2 nitrogen and oxygen atoms in total. The van der Waals surface area contributed by atoms with E-state index in [1.807, 2.05) is 0 Å². The van der Waals surface area contributed by atoms with E-state index < -0.39 is 0 Å². The topological polar surface area (TPSA) is 24.1 Å². The largest absolute Gasteiger partial charge is 0.359 e. The van der Waals surface area contributed by atoms with Crippen LogP contribution in [0.5, 0.6) is 0 Å². The lowest BCUT2D eigenvalue weighted by molar-refractivity contribution is 0.317. The normalized spacial score (nSPS) is 13.0. The Morgan fingerprint density at radius 1 is 1.22 bits per heavy atom. The molecule has 1 atom stereocenters. The predicted octanol–water partition coefficient (Wildman–Crippen LogP) is 4.02. The summed E-state index contributed by atoms with van der Waals surface area (Å²) in [5.41, 5.74) is 3.70. The van der Waals surface area contributed by atoms with Gasteiger partial charge < -0.3 is 10.6 Å². The van der Waals surface area contributed by atoms with Crippen LogP contribution in [0.4, 0.5) is 5.69 Å². The van der Waals surface area contributed by atoms with Crippen LogP contribution < -0.4 is 10.6 Å². The molecule has 100 valence electrons. The van der Waals surface area contributed by atoms with Crippen molar-refractivity contribution >= 4 is 23.0 Å². The molecule has 0 spiro atoms. The van der Waals surface area contributed by atoms with Crippen molar-refractivity contribution in [3.05, 3.63) is 29.3 Å². The molecule has 3 heteroatoms. The average Bonchev–Trinajstić information content (AvgIpc) is 2.22. The monoisotopic (exact) mass is 264 g/mol. The van der Waals surface area contributed by atoms with Crippen LogP contribution in [0, 0.1) is 19.3 Å². The summed E-state index contributed by atoms with van der Waals surface area (Å²) in [6.45, 7) is 12.9. The Morgan fingerprint density at radius 2 is 1.83 bits per heavy atom. The molecule has 0 aromatic heterocycles. The summed E-state index contributed by atoms with van der Waals surface area (Å²) >= 11 is 5.36. The van der Waals surface area contributed by atoms with Crippen molar-refractivity contribution in [2.75, 3.05) is 5.32 Å². The molecule has 1 aromatic carbocycles. The molecule has 0 saturated heterocycles. The summed E-state index contributed by atoms with van der Waals surface area (Å²) in [6.07, 6.45) is 0. The van der Waals surface area contributed by atoms with Crippen molar-refractivity contribution < 1.29 is 0 Å². The minimum atomic E-state index is 0.188. The summed E-state index contributed by atoms with van der Waals surface area (Å²) in [5.74, 6) is 0. The maximum absolute atomic E-state index is 5.36. The molecule has 0 radical (unpaired) electrons. The third-order valence-electron chi connectivity index (χ3n) is 3.29. The lowest BCUT2D eigenvalue weighted by Crippen LogP contribution is -2.43. The van der Waals surface area contributed by atoms with E-state index in [4.69, 9.17) is 12.2 Å². The number of anilines is 1. The van der Waals surface area contributed by atoms with Gasteiger partial charge in [0.2, 0.25) is 0 Å². The molecule has 1 aromatic rings. The van der Waals surface area contributed by atoms with Crippen LogP contribution in [-0.4, -0.2) is 11.2 Å². The maximum Gasteiger partial charge on any atom is 0.171 e. The molecular weight excluding hydrogens is 240 g/mol. The smallest absolute Gasteiger partial charge is 0.171 e. The number of hydrogen-bond donors (Lipinski definition) is 2. The Hall–Kier alpha value is -1.09. The number of rotatable bonds is 2. The number of nitrogens with one attached hydrogen (secondary N) is 2. The molecule has 1 unspecified atom stereocenters. The molecule has 0 bridgehead atoms. The second-order valence-corrected chi connectivity index (χ2v) is 6.41. The van der Waals surface area contributed by atoms with E-state index in [0.29, 0.717) is 11.2 Å². The van der Waals surface area contributed by atoms with Crippen molar-refractivity contribution in [3.63, 3.8) is 0 Å². The molecule has 0 heterocycles. The summed E-state index contributed by atoms with van der Waals surface area (Å²) < 4.78 is 0. The van der Waals surface area contributed by atoms with Gasteiger partial charge in [-0.3, -0.25) is 0 Å². The fraction of sp³-hybridized carbons (Fsp3) is 0.533. The van der Waals surface area contributed by atoms with E-state index >= 15 is 0 Å². The summed E-state index contributed by atoms with van der Waals surface area (Å²) in [5, 5.41) is 7.30. The Balaban J connectivity index is 2.68. The van der Waals surface area contributed by atoms with Gasteiger partial charge in [0.1, 0.15) is 0 Å². The van der Waals surface area contributed by atoms with Gasteiger partial charge in [-0.1, -0.05) is 32.9 Å². The van der Waals surface area contributed by atoms with Gasteiger partial charge in [-0.25, -0.2) is 0 Å². The third kappa shape index (κ3) is 4.30. The lowest BCUT2D eigenvalue weighted by atomic mass is 9.88. The van der Waals surface area contributed by atoms with Gasteiger partial charge in [0.05, 0.1) is 0 Å². The first kappa shape index (κ1) is 15.0. The van der Waals surface area contributed by atoms with Crippen LogP contribution >= 0.6 is 12.2 Å². The standard InChI is InChI=1S/C15H24N2S/c1-10-7-8-11(2)13(9-10)17-14(18)16-12(3)15(4,5)6/h7-9,12H,1-6H3,(H2,16,17,18). The van der Waals surface area contributed by atoms with Gasteiger partial charge >= 0.3 is 0 Å². The first-order chi connectivity index (χ1) is 8.20. The SMILES string of the molecule is Cc1ccc(C)c(NC(=S)NC(C)C(C)(C)C)c1. The Bertz CT molecular complexity index is 433. The van der Waals surface area contributed by atoms with E-state index in [0.717, 1.165) is 5.69 Å². The van der Waals surface area contributed by atoms with E-state index in [1.54, 1.807) is 0 Å². The number of thiocarbonyl (C=S) groups is 1. The van der Waals surface area contributed by atoms with Crippen LogP contribution in [-0.2, 0) is 0 Å². The molecule has 0 aliphatic heterocycles. The zero-order valence-corrected chi connectivity index (χ0v) is 13.0.